The molecule has 4 aliphatic rings. The van der Waals surface area contributed by atoms with Crippen molar-refractivity contribution in [2.75, 3.05) is 0 Å². The molecule has 3 saturated carbocycles. The van der Waals surface area contributed by atoms with Crippen molar-refractivity contribution in [3.8, 4) is 11.5 Å². The highest BCUT2D eigenvalue weighted by Gasteiger charge is 2.67. The highest BCUT2D eigenvalue weighted by Crippen LogP contribution is 2.70. The van der Waals surface area contributed by atoms with Crippen LogP contribution in [-0.2, 0) is 16.0 Å². The molecule has 0 amide bonds. The van der Waals surface area contributed by atoms with Crippen molar-refractivity contribution in [3.63, 3.8) is 0 Å². The first-order valence-corrected chi connectivity index (χ1v) is 12.7. The van der Waals surface area contributed by atoms with Gasteiger partial charge in [-0.05, 0) is 105 Å². The summed E-state index contributed by atoms with van der Waals surface area (Å²) < 4.78 is 12.1. The van der Waals surface area contributed by atoms with Crippen LogP contribution in [0, 0.1) is 34.0 Å². The van der Waals surface area contributed by atoms with E-state index in [0.29, 0.717) is 17.6 Å². The predicted molar refractivity (Wildman–Crippen MR) is 125 cm³/mol. The van der Waals surface area contributed by atoms with Crippen molar-refractivity contribution in [1.82, 2.24) is 0 Å². The molecular weight excluding hydrogens is 416 g/mol. The summed E-state index contributed by atoms with van der Waals surface area (Å²) in [6.07, 6.45) is 7.92. The molecule has 0 radical (unpaired) electrons. The number of carbonyl (C=O) groups excluding carboxylic acids is 1. The minimum atomic E-state index is -0.621. The first kappa shape index (κ1) is 22.7. The second kappa shape index (κ2) is 7.23. The van der Waals surface area contributed by atoms with Gasteiger partial charge < -0.3 is 14.6 Å². The molecule has 3 aliphatic carbocycles. The number of carboxylic acid groups (broad SMARTS) is 1. The molecule has 1 aromatic rings. The van der Waals surface area contributed by atoms with Gasteiger partial charge in [-0.1, -0.05) is 20.3 Å². The quantitative estimate of drug-likeness (QED) is 0.436. The molecule has 7 atom stereocenters. The summed E-state index contributed by atoms with van der Waals surface area (Å²) in [7, 11) is 0. The summed E-state index contributed by atoms with van der Waals surface area (Å²) in [4.78, 5) is 23.9. The Labute approximate surface area is 197 Å². The van der Waals surface area contributed by atoms with Crippen molar-refractivity contribution < 1.29 is 24.2 Å². The second-order valence-electron chi connectivity index (χ2n) is 12.3. The van der Waals surface area contributed by atoms with Crippen LogP contribution in [0.15, 0.2) is 18.2 Å². The largest absolute Gasteiger partial charge is 0.487 e. The van der Waals surface area contributed by atoms with Crippen LogP contribution < -0.4 is 9.47 Å². The van der Waals surface area contributed by atoms with Gasteiger partial charge in [0.15, 0.2) is 0 Å². The molecular formula is C28H38O5. The third-order valence-corrected chi connectivity index (χ3v) is 10.6. The number of carboxylic acids is 1. The lowest BCUT2D eigenvalue weighted by Gasteiger charge is -2.68. The Morgan fingerprint density at radius 3 is 2.36 bits per heavy atom. The third-order valence-electron chi connectivity index (χ3n) is 10.6. The number of hydrogen-bond acceptors (Lipinski definition) is 4. The molecule has 0 bridgehead atoms. The van der Waals surface area contributed by atoms with E-state index < -0.39 is 11.4 Å². The molecule has 0 saturated heterocycles. The molecule has 5 rings (SSSR count). The first-order valence-electron chi connectivity index (χ1n) is 12.7. The summed E-state index contributed by atoms with van der Waals surface area (Å²) >= 11 is 0. The summed E-state index contributed by atoms with van der Waals surface area (Å²) in [6, 6.07) is 5.73. The highest BCUT2D eigenvalue weighted by molar-refractivity contribution is 5.75. The van der Waals surface area contributed by atoms with Gasteiger partial charge >= 0.3 is 11.9 Å². The lowest BCUT2D eigenvalue weighted by Crippen LogP contribution is -2.65. The molecule has 1 aliphatic heterocycles. The third kappa shape index (κ3) is 3.17. The normalized spacial score (nSPS) is 43.7. The van der Waals surface area contributed by atoms with E-state index in [9.17, 15) is 14.7 Å². The van der Waals surface area contributed by atoms with Gasteiger partial charge in [0, 0.05) is 12.8 Å². The molecule has 1 N–H and O–H groups in total. The fourth-order valence-corrected chi connectivity index (χ4v) is 9.08. The van der Waals surface area contributed by atoms with Gasteiger partial charge in [-0.15, -0.1) is 0 Å². The maximum atomic E-state index is 12.4. The Balaban J connectivity index is 1.52. The number of benzene rings is 1. The lowest BCUT2D eigenvalue weighted by molar-refractivity contribution is -0.214. The minimum absolute atomic E-state index is 0.0413. The number of rotatable bonds is 2. The Morgan fingerprint density at radius 1 is 0.970 bits per heavy atom. The van der Waals surface area contributed by atoms with Gasteiger partial charge in [0.1, 0.15) is 17.1 Å². The molecule has 0 aromatic heterocycles. The standard InChI is InChI=1S/C28H38O5/c1-17(29)32-19-7-8-20-18(15-19)16-23-26(3)13-9-22-25(2,11-6-12-27(22,4)24(30)31)21(26)10-14-28(23,5)33-20/h7-8,15,21-23H,6,9-14,16H2,1-5H3,(H,30,31)/t21-,22-,23+,25-,26-,27+,28+/m1/s1. The van der Waals surface area contributed by atoms with Gasteiger partial charge in [-0.2, -0.15) is 0 Å². The van der Waals surface area contributed by atoms with Crippen LogP contribution in [0.25, 0.3) is 0 Å². The number of aliphatic carboxylic acids is 1. The summed E-state index contributed by atoms with van der Waals surface area (Å²) in [5, 5.41) is 10.2. The van der Waals surface area contributed by atoms with E-state index in [2.05, 4.69) is 20.8 Å². The van der Waals surface area contributed by atoms with Gasteiger partial charge in [0.05, 0.1) is 5.41 Å². The Kier molecular flexibility index (Phi) is 4.98. The Hall–Kier alpha value is -2.04. The molecule has 0 unspecified atom stereocenters. The molecule has 33 heavy (non-hydrogen) atoms. The van der Waals surface area contributed by atoms with E-state index in [0.717, 1.165) is 62.7 Å². The summed E-state index contributed by atoms with van der Waals surface area (Å²) in [6.45, 7) is 10.6. The number of fused-ring (bicyclic) bond motifs is 6. The Morgan fingerprint density at radius 2 is 1.67 bits per heavy atom. The van der Waals surface area contributed by atoms with Crippen molar-refractivity contribution >= 4 is 11.9 Å². The van der Waals surface area contributed by atoms with Gasteiger partial charge in [0.2, 0.25) is 0 Å². The molecule has 0 spiro atoms. The number of ether oxygens (including phenoxy) is 2. The van der Waals surface area contributed by atoms with E-state index in [4.69, 9.17) is 9.47 Å². The average Bonchev–Trinajstić information content (AvgIpc) is 2.71. The summed E-state index contributed by atoms with van der Waals surface area (Å²) in [5.41, 5.74) is 0.395. The number of hydrogen-bond donors (Lipinski definition) is 1. The van der Waals surface area contributed by atoms with E-state index in [1.165, 1.54) is 6.92 Å². The van der Waals surface area contributed by atoms with Crippen LogP contribution in [0.2, 0.25) is 0 Å². The molecule has 5 nitrogen and oxygen atoms in total. The molecule has 1 aromatic carbocycles. The fraction of sp³-hybridized carbons (Fsp3) is 0.714. The molecule has 5 heteroatoms. The zero-order valence-corrected chi connectivity index (χ0v) is 20.7. The van der Waals surface area contributed by atoms with Gasteiger partial charge in [0.25, 0.3) is 0 Å². The maximum absolute atomic E-state index is 12.4. The average molecular weight is 455 g/mol. The molecule has 1 heterocycles. The van der Waals surface area contributed by atoms with Crippen molar-refractivity contribution in [2.24, 2.45) is 34.0 Å². The lowest BCUT2D eigenvalue weighted by atomic mass is 9.37. The van der Waals surface area contributed by atoms with E-state index in [1.807, 2.05) is 25.1 Å². The minimum Gasteiger partial charge on any atom is -0.487 e. The van der Waals surface area contributed by atoms with Crippen LogP contribution >= 0.6 is 0 Å². The Bertz CT molecular complexity index is 1000. The number of esters is 1. The van der Waals surface area contributed by atoms with E-state index >= 15 is 0 Å². The zero-order chi connectivity index (χ0) is 23.8. The van der Waals surface area contributed by atoms with Crippen LogP contribution in [0.5, 0.6) is 11.5 Å². The fourth-order valence-electron chi connectivity index (χ4n) is 9.08. The predicted octanol–water partition coefficient (Wildman–Crippen LogP) is 6.03. The van der Waals surface area contributed by atoms with Crippen molar-refractivity contribution in [2.45, 2.75) is 91.6 Å². The second-order valence-corrected chi connectivity index (χ2v) is 12.3. The monoisotopic (exact) mass is 454 g/mol. The number of carbonyl (C=O) groups is 2. The molecule has 180 valence electrons. The SMILES string of the molecule is CC(=O)Oc1ccc2c(c1)C[C@H]1[C@]3(C)CC[C@@H]4[C@](C)(CCC[C@]4(C)C(=O)O)[C@H]3CC[C@]1(C)O2. The van der Waals surface area contributed by atoms with E-state index in [1.54, 1.807) is 0 Å². The van der Waals surface area contributed by atoms with E-state index in [-0.39, 0.29) is 28.3 Å². The topological polar surface area (TPSA) is 72.8 Å². The van der Waals surface area contributed by atoms with Crippen molar-refractivity contribution in [3.05, 3.63) is 23.8 Å². The van der Waals surface area contributed by atoms with Crippen molar-refractivity contribution in [1.29, 1.82) is 0 Å². The van der Waals surface area contributed by atoms with Gasteiger partial charge in [-0.25, -0.2) is 0 Å². The van der Waals surface area contributed by atoms with Crippen LogP contribution in [0.3, 0.4) is 0 Å². The maximum Gasteiger partial charge on any atom is 0.309 e. The van der Waals surface area contributed by atoms with Crippen LogP contribution in [0.4, 0.5) is 0 Å². The highest BCUT2D eigenvalue weighted by atomic mass is 16.5. The zero-order valence-electron chi connectivity index (χ0n) is 20.7. The van der Waals surface area contributed by atoms with Crippen LogP contribution in [-0.4, -0.2) is 22.6 Å². The smallest absolute Gasteiger partial charge is 0.309 e. The van der Waals surface area contributed by atoms with Crippen LogP contribution in [0.1, 0.15) is 85.1 Å². The summed E-state index contributed by atoms with van der Waals surface area (Å²) in [5.74, 6) is 1.61. The molecule has 3 fully saturated rings. The van der Waals surface area contributed by atoms with Gasteiger partial charge in [-0.3, -0.25) is 9.59 Å². The first-order chi connectivity index (χ1) is 15.4.